The van der Waals surface area contributed by atoms with Crippen LogP contribution in [0.4, 0.5) is 0 Å². The third-order valence-corrected chi connectivity index (χ3v) is 3.09. The van der Waals surface area contributed by atoms with E-state index in [-0.39, 0.29) is 30.4 Å². The van der Waals surface area contributed by atoms with E-state index in [2.05, 4.69) is 10.3 Å². The molecule has 1 heterocycles. The van der Waals surface area contributed by atoms with Crippen molar-refractivity contribution in [1.29, 1.82) is 0 Å². The number of carbonyl (C=O) groups excluding carboxylic acids is 1. The summed E-state index contributed by atoms with van der Waals surface area (Å²) in [5.74, 6) is 0.265. The highest BCUT2D eigenvalue weighted by Crippen LogP contribution is 2.19. The molecule has 0 radical (unpaired) electrons. The van der Waals surface area contributed by atoms with Gasteiger partial charge in [0.2, 0.25) is 0 Å². The Hall–Kier alpha value is -1.33. The van der Waals surface area contributed by atoms with Gasteiger partial charge in [-0.1, -0.05) is 0 Å². The van der Waals surface area contributed by atoms with E-state index in [4.69, 9.17) is 10.5 Å². The summed E-state index contributed by atoms with van der Waals surface area (Å²) in [4.78, 5) is 16.1. The van der Waals surface area contributed by atoms with Crippen molar-refractivity contribution in [2.75, 3.05) is 7.11 Å². The zero-order valence-electron chi connectivity index (χ0n) is 10.3. The van der Waals surface area contributed by atoms with Gasteiger partial charge in [0, 0.05) is 18.3 Å². The highest BCUT2D eigenvalue weighted by molar-refractivity contribution is 5.95. The van der Waals surface area contributed by atoms with Crippen LogP contribution in [0.3, 0.4) is 0 Å². The highest BCUT2D eigenvalue weighted by atomic mass is 35.5. The van der Waals surface area contributed by atoms with Crippen LogP contribution in [0.1, 0.15) is 29.8 Å². The van der Waals surface area contributed by atoms with Crippen LogP contribution in [-0.2, 0) is 0 Å². The Labute approximate surface area is 113 Å². The number of hydrogen-bond acceptors (Lipinski definition) is 4. The SMILES string of the molecule is COc1cccnc1C(=O)N[C@H]1CCC[C@@H]1N.Cl. The smallest absolute Gasteiger partial charge is 0.274 e. The Balaban J connectivity index is 0.00000162. The lowest BCUT2D eigenvalue weighted by molar-refractivity contribution is 0.0926. The number of pyridine rings is 1. The first-order valence-corrected chi connectivity index (χ1v) is 5.78. The van der Waals surface area contributed by atoms with Crippen molar-refractivity contribution < 1.29 is 9.53 Å². The summed E-state index contributed by atoms with van der Waals surface area (Å²) in [6, 6.07) is 3.55. The molecule has 100 valence electrons. The summed E-state index contributed by atoms with van der Waals surface area (Å²) in [5.41, 5.74) is 6.22. The van der Waals surface area contributed by atoms with Gasteiger partial charge in [0.05, 0.1) is 7.11 Å². The first-order valence-electron chi connectivity index (χ1n) is 5.78. The number of aromatic nitrogens is 1. The Morgan fingerprint density at radius 3 is 2.94 bits per heavy atom. The van der Waals surface area contributed by atoms with Crippen LogP contribution >= 0.6 is 12.4 Å². The Morgan fingerprint density at radius 2 is 2.33 bits per heavy atom. The first kappa shape index (κ1) is 14.7. The predicted octanol–water partition coefficient (Wildman–Crippen LogP) is 1.12. The molecule has 1 aliphatic carbocycles. The molecule has 0 spiro atoms. The van der Waals surface area contributed by atoms with Gasteiger partial charge in [-0.3, -0.25) is 4.79 Å². The zero-order chi connectivity index (χ0) is 12.3. The number of methoxy groups -OCH3 is 1. The number of hydrogen-bond donors (Lipinski definition) is 2. The number of nitrogens with one attached hydrogen (secondary N) is 1. The van der Waals surface area contributed by atoms with Crippen molar-refractivity contribution in [3.8, 4) is 5.75 Å². The third-order valence-electron chi connectivity index (χ3n) is 3.09. The number of rotatable bonds is 3. The number of halogens is 1. The fourth-order valence-corrected chi connectivity index (χ4v) is 2.13. The lowest BCUT2D eigenvalue weighted by Gasteiger charge is -2.17. The van der Waals surface area contributed by atoms with Crippen LogP contribution in [0.2, 0.25) is 0 Å². The molecule has 0 unspecified atom stereocenters. The monoisotopic (exact) mass is 271 g/mol. The number of nitrogens with zero attached hydrogens (tertiary/aromatic N) is 1. The number of carbonyl (C=O) groups is 1. The molecular weight excluding hydrogens is 254 g/mol. The van der Waals surface area contributed by atoms with Gasteiger partial charge in [0.15, 0.2) is 5.69 Å². The van der Waals surface area contributed by atoms with Crippen molar-refractivity contribution in [2.24, 2.45) is 5.73 Å². The second-order valence-electron chi connectivity index (χ2n) is 4.23. The largest absolute Gasteiger partial charge is 0.494 e. The molecular formula is C12H18ClN3O2. The van der Waals surface area contributed by atoms with E-state index in [9.17, 15) is 4.79 Å². The van der Waals surface area contributed by atoms with Crippen molar-refractivity contribution in [3.05, 3.63) is 24.0 Å². The molecule has 2 rings (SSSR count). The minimum atomic E-state index is -0.218. The second kappa shape index (κ2) is 6.56. The third kappa shape index (κ3) is 3.11. The summed E-state index contributed by atoms with van der Waals surface area (Å²) in [5, 5.41) is 2.91. The van der Waals surface area contributed by atoms with Gasteiger partial charge in [-0.15, -0.1) is 12.4 Å². The molecule has 0 saturated heterocycles. The molecule has 0 bridgehead atoms. The molecule has 0 aliphatic heterocycles. The van der Waals surface area contributed by atoms with Crippen molar-refractivity contribution >= 4 is 18.3 Å². The standard InChI is InChI=1S/C12H17N3O2.ClH/c1-17-10-6-3-7-14-11(10)12(16)15-9-5-2-4-8(9)13;/h3,6-9H,2,4-5,13H2,1H3,(H,15,16);1H/t8-,9-;/m0./s1. The van der Waals surface area contributed by atoms with Crippen molar-refractivity contribution in [1.82, 2.24) is 10.3 Å². The van der Waals surface area contributed by atoms with E-state index in [0.29, 0.717) is 11.4 Å². The normalized spacial score (nSPS) is 22.1. The van der Waals surface area contributed by atoms with Crippen LogP contribution in [0, 0.1) is 0 Å². The molecule has 18 heavy (non-hydrogen) atoms. The van der Waals surface area contributed by atoms with Crippen LogP contribution in [-0.4, -0.2) is 30.1 Å². The van der Waals surface area contributed by atoms with Crippen LogP contribution < -0.4 is 15.8 Å². The summed E-state index contributed by atoms with van der Waals surface area (Å²) in [7, 11) is 1.52. The molecule has 1 saturated carbocycles. The summed E-state index contributed by atoms with van der Waals surface area (Å²) in [6.07, 6.45) is 4.53. The molecule has 1 amide bonds. The maximum atomic E-state index is 12.0. The summed E-state index contributed by atoms with van der Waals surface area (Å²) in [6.45, 7) is 0. The second-order valence-corrected chi connectivity index (χ2v) is 4.23. The molecule has 2 atom stereocenters. The topological polar surface area (TPSA) is 77.2 Å². The fourth-order valence-electron chi connectivity index (χ4n) is 2.13. The van der Waals surface area contributed by atoms with Gasteiger partial charge in [0.1, 0.15) is 5.75 Å². The van der Waals surface area contributed by atoms with Gasteiger partial charge >= 0.3 is 0 Å². The number of ether oxygens (including phenoxy) is 1. The predicted molar refractivity (Wildman–Crippen MR) is 71.1 cm³/mol. The van der Waals surface area contributed by atoms with Crippen LogP contribution in [0.5, 0.6) is 5.75 Å². The Morgan fingerprint density at radius 1 is 1.56 bits per heavy atom. The molecule has 1 fully saturated rings. The summed E-state index contributed by atoms with van der Waals surface area (Å²) < 4.78 is 5.10. The molecule has 1 aliphatic rings. The van der Waals surface area contributed by atoms with Crippen LogP contribution in [0.25, 0.3) is 0 Å². The number of amides is 1. The van der Waals surface area contributed by atoms with Gasteiger partial charge in [-0.2, -0.15) is 0 Å². The van der Waals surface area contributed by atoms with Gasteiger partial charge in [0.25, 0.3) is 5.91 Å². The lowest BCUT2D eigenvalue weighted by Crippen LogP contribution is -2.44. The van der Waals surface area contributed by atoms with E-state index >= 15 is 0 Å². The number of nitrogens with two attached hydrogens (primary N) is 1. The van der Waals surface area contributed by atoms with Crippen LogP contribution in [0.15, 0.2) is 18.3 Å². The highest BCUT2D eigenvalue weighted by Gasteiger charge is 2.26. The molecule has 5 nitrogen and oxygen atoms in total. The van der Waals surface area contributed by atoms with Crippen molar-refractivity contribution in [3.63, 3.8) is 0 Å². The lowest BCUT2D eigenvalue weighted by atomic mass is 10.2. The molecule has 3 N–H and O–H groups in total. The molecule has 1 aromatic rings. The average Bonchev–Trinajstić information content (AvgIpc) is 2.75. The Bertz CT molecular complexity index is 414. The van der Waals surface area contributed by atoms with Crippen molar-refractivity contribution in [2.45, 2.75) is 31.3 Å². The Kier molecular flexibility index (Phi) is 5.37. The van der Waals surface area contributed by atoms with E-state index in [0.717, 1.165) is 19.3 Å². The fraction of sp³-hybridized carbons (Fsp3) is 0.500. The van der Waals surface area contributed by atoms with E-state index in [1.54, 1.807) is 18.3 Å². The molecule has 6 heteroatoms. The molecule has 0 aromatic carbocycles. The summed E-state index contributed by atoms with van der Waals surface area (Å²) >= 11 is 0. The van der Waals surface area contributed by atoms with E-state index in [1.807, 2.05) is 0 Å². The van der Waals surface area contributed by atoms with E-state index < -0.39 is 0 Å². The molecule has 1 aromatic heterocycles. The maximum Gasteiger partial charge on any atom is 0.274 e. The minimum Gasteiger partial charge on any atom is -0.494 e. The maximum absolute atomic E-state index is 12.0. The minimum absolute atomic E-state index is 0. The van der Waals surface area contributed by atoms with Gasteiger partial charge in [-0.25, -0.2) is 4.98 Å². The first-order chi connectivity index (χ1) is 8.22. The average molecular weight is 272 g/mol. The zero-order valence-corrected chi connectivity index (χ0v) is 11.1. The van der Waals surface area contributed by atoms with E-state index in [1.165, 1.54) is 7.11 Å². The van der Waals surface area contributed by atoms with Gasteiger partial charge < -0.3 is 15.8 Å². The quantitative estimate of drug-likeness (QED) is 0.864. The van der Waals surface area contributed by atoms with Gasteiger partial charge in [-0.05, 0) is 31.4 Å².